The van der Waals surface area contributed by atoms with Crippen molar-refractivity contribution in [3.05, 3.63) is 59.4 Å². The van der Waals surface area contributed by atoms with Gasteiger partial charge in [-0.15, -0.1) is 0 Å². The van der Waals surface area contributed by atoms with Gasteiger partial charge >= 0.3 is 0 Å². The molecular formula is C22H26N4O3S. The van der Waals surface area contributed by atoms with Gasteiger partial charge in [0.25, 0.3) is 0 Å². The molecule has 0 saturated carbocycles. The normalized spacial score (nSPS) is 10.4. The fourth-order valence-corrected chi connectivity index (χ4v) is 3.35. The highest BCUT2D eigenvalue weighted by atomic mass is 32.1. The summed E-state index contributed by atoms with van der Waals surface area (Å²) in [6, 6.07) is 13.5. The van der Waals surface area contributed by atoms with E-state index < -0.39 is 0 Å². The number of nitrogens with one attached hydrogen (secondary N) is 2. The van der Waals surface area contributed by atoms with Crippen LogP contribution in [0.2, 0.25) is 0 Å². The number of hydrogen-bond acceptors (Lipinski definition) is 5. The number of nitrogens with zero attached hydrogens (tertiary/aromatic N) is 2. The number of rotatable bonds is 7. The predicted molar refractivity (Wildman–Crippen MR) is 123 cm³/mol. The van der Waals surface area contributed by atoms with Crippen LogP contribution in [0.3, 0.4) is 0 Å². The largest absolute Gasteiger partial charge is 0.497 e. The molecule has 158 valence electrons. The minimum Gasteiger partial charge on any atom is -0.497 e. The van der Waals surface area contributed by atoms with Crippen LogP contribution >= 0.6 is 12.2 Å². The van der Waals surface area contributed by atoms with Gasteiger partial charge in [0.15, 0.2) is 5.11 Å². The summed E-state index contributed by atoms with van der Waals surface area (Å²) >= 11 is 5.51. The zero-order valence-electron chi connectivity index (χ0n) is 17.8. The van der Waals surface area contributed by atoms with E-state index in [0.717, 1.165) is 34.1 Å². The second-order valence-corrected chi connectivity index (χ2v) is 7.14. The Balaban J connectivity index is 1.74. The first-order valence-corrected chi connectivity index (χ1v) is 9.82. The maximum absolute atomic E-state index is 5.51. The molecule has 8 heteroatoms. The van der Waals surface area contributed by atoms with E-state index in [2.05, 4.69) is 21.8 Å². The molecule has 0 radical (unpaired) electrons. The smallest absolute Gasteiger partial charge is 0.175 e. The van der Waals surface area contributed by atoms with Gasteiger partial charge in [0.2, 0.25) is 0 Å². The number of hydrogen-bond donors (Lipinski definition) is 2. The fraction of sp³-hybridized carbons (Fsp3) is 0.273. The first-order chi connectivity index (χ1) is 14.4. The lowest BCUT2D eigenvalue weighted by Gasteiger charge is -2.13. The summed E-state index contributed by atoms with van der Waals surface area (Å²) in [6.45, 7) is 4.60. The van der Waals surface area contributed by atoms with E-state index >= 15 is 0 Å². The van der Waals surface area contributed by atoms with E-state index in [1.807, 2.05) is 48.9 Å². The molecule has 0 spiro atoms. The number of aromatic nitrogens is 2. The zero-order valence-corrected chi connectivity index (χ0v) is 18.6. The highest BCUT2D eigenvalue weighted by Gasteiger charge is 2.14. The molecule has 0 saturated heterocycles. The summed E-state index contributed by atoms with van der Waals surface area (Å²) < 4.78 is 17.9. The van der Waals surface area contributed by atoms with Gasteiger partial charge in [-0.3, -0.25) is 4.68 Å². The lowest BCUT2D eigenvalue weighted by Crippen LogP contribution is -2.20. The Bertz CT molecular complexity index is 1030. The quantitative estimate of drug-likeness (QED) is 0.543. The Morgan fingerprint density at radius 3 is 2.23 bits per heavy atom. The van der Waals surface area contributed by atoms with Crippen LogP contribution in [0.1, 0.15) is 17.0 Å². The zero-order chi connectivity index (χ0) is 21.7. The molecule has 3 aromatic rings. The topological polar surface area (TPSA) is 69.6 Å². The van der Waals surface area contributed by atoms with Crippen molar-refractivity contribution in [3.8, 4) is 17.2 Å². The van der Waals surface area contributed by atoms with Gasteiger partial charge in [0, 0.05) is 23.9 Å². The Morgan fingerprint density at radius 1 is 0.933 bits per heavy atom. The van der Waals surface area contributed by atoms with E-state index in [1.165, 1.54) is 0 Å². The lowest BCUT2D eigenvalue weighted by atomic mass is 10.2. The van der Waals surface area contributed by atoms with Gasteiger partial charge < -0.3 is 24.8 Å². The van der Waals surface area contributed by atoms with Gasteiger partial charge in [-0.05, 0) is 43.8 Å². The summed E-state index contributed by atoms with van der Waals surface area (Å²) in [6.07, 6.45) is 0. The Hall–Kier alpha value is -3.26. The van der Waals surface area contributed by atoms with Crippen LogP contribution < -0.4 is 24.8 Å². The molecule has 0 unspecified atom stereocenters. The standard InChI is InChI=1S/C22H26N4O3S/c1-14-21(15(2)26(25-14)13-16-7-6-8-18(9-16)27-3)24-22(30)23-17-10-19(28-4)12-20(11-17)29-5/h6-12H,13H2,1-5H3,(H2,23,24,30). The van der Waals surface area contributed by atoms with E-state index in [1.54, 1.807) is 27.4 Å². The first-order valence-electron chi connectivity index (χ1n) is 9.41. The Labute approximate surface area is 182 Å². The molecule has 0 bridgehead atoms. The van der Waals surface area contributed by atoms with Crippen molar-refractivity contribution >= 4 is 28.7 Å². The second kappa shape index (κ2) is 9.49. The van der Waals surface area contributed by atoms with E-state index in [4.69, 9.17) is 26.4 Å². The average molecular weight is 427 g/mol. The average Bonchev–Trinajstić information content (AvgIpc) is 3.00. The molecule has 0 fully saturated rings. The third-order valence-corrected chi connectivity index (χ3v) is 4.90. The SMILES string of the molecule is COc1cccc(Cn2nc(C)c(NC(=S)Nc3cc(OC)cc(OC)c3)c2C)c1. The number of benzene rings is 2. The Kier molecular flexibility index (Phi) is 6.79. The van der Waals surface area contributed by atoms with Gasteiger partial charge in [0.05, 0.1) is 44.9 Å². The number of methoxy groups -OCH3 is 3. The maximum atomic E-state index is 5.51. The molecule has 1 heterocycles. The van der Waals surface area contributed by atoms with E-state index in [-0.39, 0.29) is 0 Å². The number of aryl methyl sites for hydroxylation is 1. The van der Waals surface area contributed by atoms with Crippen molar-refractivity contribution in [3.63, 3.8) is 0 Å². The van der Waals surface area contributed by atoms with E-state index in [0.29, 0.717) is 23.2 Å². The summed E-state index contributed by atoms with van der Waals surface area (Å²) in [5.74, 6) is 2.18. The summed E-state index contributed by atoms with van der Waals surface area (Å²) in [7, 11) is 4.88. The fourth-order valence-electron chi connectivity index (χ4n) is 3.13. The van der Waals surface area contributed by atoms with Crippen LogP contribution in [0.5, 0.6) is 17.2 Å². The lowest BCUT2D eigenvalue weighted by molar-refractivity contribution is 0.395. The van der Waals surface area contributed by atoms with Crippen molar-refractivity contribution in [1.29, 1.82) is 0 Å². The number of thiocarbonyl (C=S) groups is 1. The number of anilines is 2. The van der Waals surface area contributed by atoms with Crippen LogP contribution in [0.15, 0.2) is 42.5 Å². The van der Waals surface area contributed by atoms with Crippen LogP contribution in [0.4, 0.5) is 11.4 Å². The molecule has 0 aliphatic rings. The highest BCUT2D eigenvalue weighted by molar-refractivity contribution is 7.80. The molecule has 0 atom stereocenters. The van der Waals surface area contributed by atoms with Crippen LogP contribution in [0, 0.1) is 13.8 Å². The first kappa shape index (κ1) is 21.4. The van der Waals surface area contributed by atoms with Crippen LogP contribution in [-0.2, 0) is 6.54 Å². The van der Waals surface area contributed by atoms with Crippen molar-refractivity contribution in [2.45, 2.75) is 20.4 Å². The van der Waals surface area contributed by atoms with Crippen molar-refractivity contribution in [1.82, 2.24) is 9.78 Å². The molecule has 2 aromatic carbocycles. The second-order valence-electron chi connectivity index (χ2n) is 6.74. The number of ether oxygens (including phenoxy) is 3. The van der Waals surface area contributed by atoms with Crippen LogP contribution in [-0.4, -0.2) is 36.2 Å². The van der Waals surface area contributed by atoms with Gasteiger partial charge in [-0.1, -0.05) is 12.1 Å². The molecular weight excluding hydrogens is 400 g/mol. The highest BCUT2D eigenvalue weighted by Crippen LogP contribution is 2.26. The molecule has 1 aromatic heterocycles. The third-order valence-electron chi connectivity index (χ3n) is 4.70. The van der Waals surface area contributed by atoms with Gasteiger partial charge in [-0.25, -0.2) is 0 Å². The Morgan fingerprint density at radius 2 is 1.60 bits per heavy atom. The van der Waals surface area contributed by atoms with Crippen molar-refractivity contribution in [2.24, 2.45) is 0 Å². The van der Waals surface area contributed by atoms with Crippen molar-refractivity contribution in [2.75, 3.05) is 32.0 Å². The maximum Gasteiger partial charge on any atom is 0.175 e. The minimum atomic E-state index is 0.456. The molecule has 3 rings (SSSR count). The predicted octanol–water partition coefficient (Wildman–Crippen LogP) is 4.38. The van der Waals surface area contributed by atoms with E-state index in [9.17, 15) is 0 Å². The minimum absolute atomic E-state index is 0.456. The monoisotopic (exact) mass is 426 g/mol. The van der Waals surface area contributed by atoms with Gasteiger partial charge in [-0.2, -0.15) is 5.10 Å². The van der Waals surface area contributed by atoms with Crippen LogP contribution in [0.25, 0.3) is 0 Å². The third kappa shape index (κ3) is 5.01. The summed E-state index contributed by atoms with van der Waals surface area (Å²) in [5.41, 5.74) is 4.61. The molecule has 7 nitrogen and oxygen atoms in total. The molecule has 0 amide bonds. The summed E-state index contributed by atoms with van der Waals surface area (Å²) in [4.78, 5) is 0. The molecule has 0 aliphatic heterocycles. The summed E-state index contributed by atoms with van der Waals surface area (Å²) in [5, 5.41) is 11.6. The molecule has 2 N–H and O–H groups in total. The van der Waals surface area contributed by atoms with Gasteiger partial charge in [0.1, 0.15) is 17.2 Å². The molecule has 30 heavy (non-hydrogen) atoms. The van der Waals surface area contributed by atoms with Crippen molar-refractivity contribution < 1.29 is 14.2 Å². The molecule has 0 aliphatic carbocycles.